The number of hydrogen-bond donors (Lipinski definition) is 2. The summed E-state index contributed by atoms with van der Waals surface area (Å²) in [5.74, 6) is 0.801. The van der Waals surface area contributed by atoms with Crippen LogP contribution in [-0.2, 0) is 5.60 Å². The minimum absolute atomic E-state index is 0.0674. The lowest BCUT2D eigenvalue weighted by Gasteiger charge is -2.41. The molecule has 1 aromatic carbocycles. The molecule has 0 amide bonds. The molecule has 1 unspecified atom stereocenters. The molecular formula is C24H26N4O3. The summed E-state index contributed by atoms with van der Waals surface area (Å²) in [6, 6.07) is 10.1. The molecule has 1 fully saturated rings. The SMILES string of the molecule is CCOc1nc2c(C(O)(c3ccccn3)C3CCC3)cc(-c3c(C)noc3C)cc2[nH]1. The second-order valence-corrected chi connectivity index (χ2v) is 8.20. The lowest BCUT2D eigenvalue weighted by molar-refractivity contribution is -0.0223. The number of pyridine rings is 1. The van der Waals surface area contributed by atoms with Crippen LogP contribution in [0.5, 0.6) is 6.01 Å². The van der Waals surface area contributed by atoms with E-state index in [-0.39, 0.29) is 5.92 Å². The molecule has 0 aliphatic heterocycles. The highest BCUT2D eigenvalue weighted by atomic mass is 16.5. The summed E-state index contributed by atoms with van der Waals surface area (Å²) < 4.78 is 11.1. The average Bonchev–Trinajstić information content (AvgIpc) is 3.28. The van der Waals surface area contributed by atoms with E-state index in [0.717, 1.165) is 52.9 Å². The van der Waals surface area contributed by atoms with E-state index in [1.165, 1.54) is 0 Å². The molecule has 1 aliphatic rings. The smallest absolute Gasteiger partial charge is 0.294 e. The third kappa shape index (κ3) is 3.11. The highest BCUT2D eigenvalue weighted by Gasteiger charge is 2.46. The van der Waals surface area contributed by atoms with E-state index in [1.807, 2.05) is 51.1 Å². The Balaban J connectivity index is 1.81. The maximum atomic E-state index is 12.3. The summed E-state index contributed by atoms with van der Waals surface area (Å²) in [5.41, 5.74) is 4.24. The van der Waals surface area contributed by atoms with Crippen LogP contribution in [-0.4, -0.2) is 31.8 Å². The zero-order chi connectivity index (χ0) is 21.6. The Morgan fingerprint density at radius 1 is 1.26 bits per heavy atom. The molecule has 2 N–H and O–H groups in total. The second kappa shape index (κ2) is 7.50. The fourth-order valence-electron chi connectivity index (χ4n) is 4.61. The van der Waals surface area contributed by atoms with Crippen LogP contribution in [0.25, 0.3) is 22.2 Å². The number of ether oxygens (including phenoxy) is 1. The minimum atomic E-state index is -1.26. The van der Waals surface area contributed by atoms with Crippen LogP contribution in [0.3, 0.4) is 0 Å². The molecule has 4 aromatic rings. The molecular weight excluding hydrogens is 392 g/mol. The van der Waals surface area contributed by atoms with Crippen LogP contribution < -0.4 is 4.74 Å². The number of fused-ring (bicyclic) bond motifs is 1. The van der Waals surface area contributed by atoms with Crippen LogP contribution in [0.4, 0.5) is 0 Å². The highest BCUT2D eigenvalue weighted by Crippen LogP contribution is 2.49. The largest absolute Gasteiger partial charge is 0.465 e. The van der Waals surface area contributed by atoms with Gasteiger partial charge in [0.2, 0.25) is 0 Å². The quantitative estimate of drug-likeness (QED) is 0.472. The molecule has 1 saturated carbocycles. The van der Waals surface area contributed by atoms with E-state index in [0.29, 0.717) is 23.8 Å². The van der Waals surface area contributed by atoms with E-state index in [9.17, 15) is 5.11 Å². The topological polar surface area (TPSA) is 97.1 Å². The zero-order valence-electron chi connectivity index (χ0n) is 18.0. The molecule has 0 saturated heterocycles. The van der Waals surface area contributed by atoms with Gasteiger partial charge in [-0.2, -0.15) is 4.98 Å². The number of aromatic amines is 1. The number of aliphatic hydroxyl groups is 1. The summed E-state index contributed by atoms with van der Waals surface area (Å²) in [4.78, 5) is 12.5. The maximum Gasteiger partial charge on any atom is 0.294 e. The summed E-state index contributed by atoms with van der Waals surface area (Å²) in [7, 11) is 0. The van der Waals surface area contributed by atoms with Gasteiger partial charge in [-0.05, 0) is 69.4 Å². The van der Waals surface area contributed by atoms with Crippen molar-refractivity contribution in [2.75, 3.05) is 6.61 Å². The van der Waals surface area contributed by atoms with Crippen molar-refractivity contribution >= 4 is 11.0 Å². The Kier molecular flexibility index (Phi) is 4.78. The summed E-state index contributed by atoms with van der Waals surface area (Å²) in [6.45, 7) is 6.24. The van der Waals surface area contributed by atoms with Crippen molar-refractivity contribution in [2.24, 2.45) is 5.92 Å². The van der Waals surface area contributed by atoms with Gasteiger partial charge in [-0.3, -0.25) is 4.98 Å². The Labute approximate surface area is 180 Å². The monoisotopic (exact) mass is 418 g/mol. The molecule has 3 aromatic heterocycles. The molecule has 1 aliphatic carbocycles. The summed E-state index contributed by atoms with van der Waals surface area (Å²) in [5, 5.41) is 16.4. The minimum Gasteiger partial charge on any atom is -0.465 e. The Morgan fingerprint density at radius 3 is 2.71 bits per heavy atom. The molecule has 5 rings (SSSR count). The standard InChI is InChI=1S/C24H26N4O3/c1-4-30-23-26-19-13-16(21-14(2)28-31-15(21)3)12-18(22(19)27-23)24(29,17-8-7-9-17)20-10-5-6-11-25-20/h5-6,10-13,17,29H,4,7-9H2,1-3H3,(H,26,27). The van der Waals surface area contributed by atoms with Crippen molar-refractivity contribution in [3.05, 3.63) is 59.2 Å². The molecule has 0 bridgehead atoms. The third-order valence-corrected chi connectivity index (χ3v) is 6.33. The van der Waals surface area contributed by atoms with Gasteiger partial charge < -0.3 is 19.4 Å². The summed E-state index contributed by atoms with van der Waals surface area (Å²) >= 11 is 0. The predicted molar refractivity (Wildman–Crippen MR) is 117 cm³/mol. The molecule has 7 nitrogen and oxygen atoms in total. The fourth-order valence-corrected chi connectivity index (χ4v) is 4.61. The molecule has 3 heterocycles. The maximum absolute atomic E-state index is 12.3. The number of H-pyrrole nitrogens is 1. The first-order valence-corrected chi connectivity index (χ1v) is 10.8. The van der Waals surface area contributed by atoms with Crippen LogP contribution in [0.2, 0.25) is 0 Å². The normalized spacial score (nSPS) is 16.3. The van der Waals surface area contributed by atoms with Gasteiger partial charge in [0.1, 0.15) is 11.4 Å². The van der Waals surface area contributed by atoms with Crippen LogP contribution >= 0.6 is 0 Å². The van der Waals surface area contributed by atoms with Crippen LogP contribution in [0.1, 0.15) is 48.9 Å². The summed E-state index contributed by atoms with van der Waals surface area (Å²) in [6.07, 6.45) is 4.70. The van der Waals surface area contributed by atoms with Crippen molar-refractivity contribution in [3.8, 4) is 17.1 Å². The van der Waals surface area contributed by atoms with Gasteiger partial charge in [-0.25, -0.2) is 0 Å². The number of hydrogen-bond acceptors (Lipinski definition) is 6. The number of imidazole rings is 1. The lowest BCUT2D eigenvalue weighted by atomic mass is 9.67. The number of nitrogens with one attached hydrogen (secondary N) is 1. The zero-order valence-corrected chi connectivity index (χ0v) is 18.0. The molecule has 0 radical (unpaired) electrons. The van der Waals surface area contributed by atoms with E-state index in [1.54, 1.807) is 6.20 Å². The van der Waals surface area contributed by atoms with Gasteiger partial charge in [0.05, 0.1) is 29.0 Å². The van der Waals surface area contributed by atoms with Gasteiger partial charge in [0.25, 0.3) is 6.01 Å². The Bertz CT molecular complexity index is 1210. The Morgan fingerprint density at radius 2 is 2.10 bits per heavy atom. The highest BCUT2D eigenvalue weighted by molar-refractivity contribution is 5.87. The van der Waals surface area contributed by atoms with Gasteiger partial charge in [-0.15, -0.1) is 0 Å². The van der Waals surface area contributed by atoms with E-state index >= 15 is 0 Å². The number of aryl methyl sites for hydroxylation is 2. The first-order valence-electron chi connectivity index (χ1n) is 10.8. The van der Waals surface area contributed by atoms with Gasteiger partial charge in [0.15, 0.2) is 0 Å². The number of aromatic nitrogens is 4. The van der Waals surface area contributed by atoms with E-state index in [4.69, 9.17) is 14.2 Å². The predicted octanol–water partition coefficient (Wildman–Crippen LogP) is 4.66. The average molecular weight is 418 g/mol. The first kappa shape index (κ1) is 19.8. The third-order valence-electron chi connectivity index (χ3n) is 6.33. The van der Waals surface area contributed by atoms with Gasteiger partial charge >= 0.3 is 0 Å². The molecule has 31 heavy (non-hydrogen) atoms. The van der Waals surface area contributed by atoms with Gasteiger partial charge in [0, 0.05) is 17.3 Å². The number of nitrogens with zero attached hydrogens (tertiary/aromatic N) is 3. The Hall–Kier alpha value is -3.19. The van der Waals surface area contributed by atoms with Crippen molar-refractivity contribution in [2.45, 2.75) is 45.6 Å². The van der Waals surface area contributed by atoms with Crippen LogP contribution in [0.15, 0.2) is 41.1 Å². The molecule has 160 valence electrons. The molecule has 7 heteroatoms. The first-order chi connectivity index (χ1) is 15.0. The van der Waals surface area contributed by atoms with Crippen molar-refractivity contribution in [1.29, 1.82) is 0 Å². The van der Waals surface area contributed by atoms with E-state index in [2.05, 4.69) is 15.1 Å². The van der Waals surface area contributed by atoms with Crippen molar-refractivity contribution in [1.82, 2.24) is 20.1 Å². The van der Waals surface area contributed by atoms with Crippen molar-refractivity contribution < 1.29 is 14.4 Å². The van der Waals surface area contributed by atoms with Crippen LogP contribution in [0, 0.1) is 19.8 Å². The lowest BCUT2D eigenvalue weighted by Crippen LogP contribution is -2.41. The van der Waals surface area contributed by atoms with Gasteiger partial charge in [-0.1, -0.05) is 17.6 Å². The molecule has 1 atom stereocenters. The number of benzene rings is 1. The fraction of sp³-hybridized carbons (Fsp3) is 0.375. The van der Waals surface area contributed by atoms with E-state index < -0.39 is 5.60 Å². The second-order valence-electron chi connectivity index (χ2n) is 8.20. The number of rotatable bonds is 6. The molecule has 0 spiro atoms. The van der Waals surface area contributed by atoms with Crippen molar-refractivity contribution in [3.63, 3.8) is 0 Å².